The zero-order valence-electron chi connectivity index (χ0n) is 14.1. The Morgan fingerprint density at radius 3 is 2.32 bits per heavy atom. The molecule has 7 nitrogen and oxygen atoms in total. The van der Waals surface area contributed by atoms with Gasteiger partial charge in [-0.3, -0.25) is 10.2 Å². The number of sulfonamides is 1. The quantitative estimate of drug-likeness (QED) is 0.796. The lowest BCUT2D eigenvalue weighted by Crippen LogP contribution is -2.54. The standard InChI is InChI=1S/C17H24N4O3S/c22-17(16-12-15(18-19-16)13-6-7-13)20-8-10-21(11-9-20)25(23,24)14-4-2-1-3-5-14/h1-5,13,15-16,18-19H,6-12H2. The first kappa shape index (κ1) is 17.0. The van der Waals surface area contributed by atoms with Crippen LogP contribution in [0.25, 0.3) is 0 Å². The van der Waals surface area contributed by atoms with Crippen LogP contribution in [0, 0.1) is 5.92 Å². The molecule has 2 atom stereocenters. The zero-order chi connectivity index (χ0) is 17.4. The van der Waals surface area contributed by atoms with Crippen LogP contribution in [0.1, 0.15) is 19.3 Å². The van der Waals surface area contributed by atoms with Gasteiger partial charge < -0.3 is 4.90 Å². The second-order valence-corrected chi connectivity index (χ2v) is 9.00. The van der Waals surface area contributed by atoms with Gasteiger partial charge >= 0.3 is 0 Å². The molecular formula is C17H24N4O3S. The van der Waals surface area contributed by atoms with Crippen molar-refractivity contribution in [3.8, 4) is 0 Å². The number of carbonyl (C=O) groups excluding carboxylic acids is 1. The fourth-order valence-electron chi connectivity index (χ4n) is 3.66. The monoisotopic (exact) mass is 364 g/mol. The minimum Gasteiger partial charge on any atom is -0.339 e. The summed E-state index contributed by atoms with van der Waals surface area (Å²) in [4.78, 5) is 14.8. The highest BCUT2D eigenvalue weighted by molar-refractivity contribution is 7.89. The topological polar surface area (TPSA) is 81.8 Å². The predicted octanol–water partition coefficient (Wildman–Crippen LogP) is 0.165. The summed E-state index contributed by atoms with van der Waals surface area (Å²) in [5.41, 5.74) is 6.36. The average Bonchev–Trinajstić information content (AvgIpc) is 3.39. The van der Waals surface area contributed by atoms with E-state index in [0.717, 1.165) is 6.42 Å². The maximum absolute atomic E-state index is 12.7. The maximum atomic E-state index is 12.7. The third-order valence-electron chi connectivity index (χ3n) is 5.35. The lowest BCUT2D eigenvalue weighted by atomic mass is 10.1. The van der Waals surface area contributed by atoms with E-state index in [1.54, 1.807) is 35.2 Å². The van der Waals surface area contributed by atoms with Gasteiger partial charge in [0.1, 0.15) is 6.04 Å². The van der Waals surface area contributed by atoms with Crippen LogP contribution >= 0.6 is 0 Å². The molecule has 2 saturated heterocycles. The molecule has 1 aromatic carbocycles. The molecule has 1 amide bonds. The van der Waals surface area contributed by atoms with Crippen LogP contribution in [0.4, 0.5) is 0 Å². The molecule has 2 aliphatic heterocycles. The Hall–Kier alpha value is -1.48. The summed E-state index contributed by atoms with van der Waals surface area (Å²) >= 11 is 0. The van der Waals surface area contributed by atoms with Crippen molar-refractivity contribution in [1.82, 2.24) is 20.1 Å². The third kappa shape index (κ3) is 3.44. The summed E-state index contributed by atoms with van der Waals surface area (Å²) in [7, 11) is -3.47. The fourth-order valence-corrected chi connectivity index (χ4v) is 5.10. The number of carbonyl (C=O) groups is 1. The first-order valence-corrected chi connectivity index (χ1v) is 10.3. The summed E-state index contributed by atoms with van der Waals surface area (Å²) < 4.78 is 26.8. The lowest BCUT2D eigenvalue weighted by molar-refractivity contribution is -0.134. The lowest BCUT2D eigenvalue weighted by Gasteiger charge is -2.35. The number of rotatable bonds is 4. The largest absolute Gasteiger partial charge is 0.339 e. The van der Waals surface area contributed by atoms with Crippen molar-refractivity contribution in [2.24, 2.45) is 5.92 Å². The summed E-state index contributed by atoms with van der Waals surface area (Å²) in [5, 5.41) is 0. The van der Waals surface area contributed by atoms with Gasteiger partial charge in [-0.25, -0.2) is 13.8 Å². The molecule has 0 radical (unpaired) electrons. The number of hydrogen-bond donors (Lipinski definition) is 2. The summed E-state index contributed by atoms with van der Waals surface area (Å²) in [5.74, 6) is 0.783. The minimum absolute atomic E-state index is 0.0763. The summed E-state index contributed by atoms with van der Waals surface area (Å²) in [6.45, 7) is 1.57. The van der Waals surface area contributed by atoms with E-state index in [1.165, 1.54) is 17.1 Å². The first-order valence-electron chi connectivity index (χ1n) is 8.91. The van der Waals surface area contributed by atoms with Crippen molar-refractivity contribution in [2.75, 3.05) is 26.2 Å². The average molecular weight is 364 g/mol. The number of amides is 1. The number of hydrogen-bond acceptors (Lipinski definition) is 5. The van der Waals surface area contributed by atoms with Crippen molar-refractivity contribution in [1.29, 1.82) is 0 Å². The van der Waals surface area contributed by atoms with E-state index in [9.17, 15) is 13.2 Å². The van der Waals surface area contributed by atoms with Gasteiger partial charge in [0.2, 0.25) is 15.9 Å². The van der Waals surface area contributed by atoms with Gasteiger partial charge in [0.25, 0.3) is 0 Å². The second-order valence-electron chi connectivity index (χ2n) is 7.06. The number of nitrogens with zero attached hydrogens (tertiary/aromatic N) is 2. The number of piperazine rings is 1. The van der Waals surface area contributed by atoms with Crippen LogP contribution in [-0.2, 0) is 14.8 Å². The van der Waals surface area contributed by atoms with E-state index in [-0.39, 0.29) is 11.9 Å². The Labute approximate surface area is 148 Å². The van der Waals surface area contributed by atoms with Gasteiger partial charge in [-0.05, 0) is 37.3 Å². The van der Waals surface area contributed by atoms with Crippen LogP contribution in [0.2, 0.25) is 0 Å². The number of benzene rings is 1. The first-order chi connectivity index (χ1) is 12.1. The molecular weight excluding hydrogens is 340 g/mol. The van der Waals surface area contributed by atoms with Gasteiger partial charge in [0, 0.05) is 32.2 Å². The molecule has 2 N–H and O–H groups in total. The van der Waals surface area contributed by atoms with Crippen molar-refractivity contribution in [3.63, 3.8) is 0 Å². The molecule has 2 heterocycles. The molecule has 3 aliphatic rings. The van der Waals surface area contributed by atoms with Crippen molar-refractivity contribution in [3.05, 3.63) is 30.3 Å². The van der Waals surface area contributed by atoms with Crippen LogP contribution in [0.3, 0.4) is 0 Å². The van der Waals surface area contributed by atoms with Gasteiger partial charge in [-0.2, -0.15) is 4.31 Å². The van der Waals surface area contributed by atoms with Gasteiger partial charge in [-0.1, -0.05) is 18.2 Å². The molecule has 8 heteroatoms. The highest BCUT2D eigenvalue weighted by Crippen LogP contribution is 2.35. The van der Waals surface area contributed by atoms with E-state index >= 15 is 0 Å². The fraction of sp³-hybridized carbons (Fsp3) is 0.588. The summed E-state index contributed by atoms with van der Waals surface area (Å²) in [6, 6.07) is 8.67. The summed E-state index contributed by atoms with van der Waals surface area (Å²) in [6.07, 6.45) is 3.32. The smallest absolute Gasteiger partial charge is 0.243 e. The predicted molar refractivity (Wildman–Crippen MR) is 93.0 cm³/mol. The zero-order valence-corrected chi connectivity index (χ0v) is 14.9. The van der Waals surface area contributed by atoms with E-state index in [1.807, 2.05) is 0 Å². The van der Waals surface area contributed by atoms with Crippen LogP contribution < -0.4 is 10.9 Å². The number of hydrazine groups is 1. The molecule has 1 aliphatic carbocycles. The third-order valence-corrected chi connectivity index (χ3v) is 7.27. The molecule has 4 rings (SSSR count). The van der Waals surface area contributed by atoms with E-state index < -0.39 is 10.0 Å². The normalized spacial score (nSPS) is 28.2. The van der Waals surface area contributed by atoms with E-state index in [0.29, 0.717) is 43.0 Å². The molecule has 136 valence electrons. The number of nitrogens with one attached hydrogen (secondary N) is 2. The minimum atomic E-state index is -3.47. The highest BCUT2D eigenvalue weighted by Gasteiger charge is 2.40. The van der Waals surface area contributed by atoms with Crippen molar-refractivity contribution >= 4 is 15.9 Å². The SMILES string of the molecule is O=C(C1CC(C2CC2)NN1)N1CCN(S(=O)(=O)c2ccccc2)CC1. The maximum Gasteiger partial charge on any atom is 0.243 e. The molecule has 1 aromatic rings. The Morgan fingerprint density at radius 1 is 1.00 bits per heavy atom. The molecule has 25 heavy (non-hydrogen) atoms. The molecule has 0 spiro atoms. The Balaban J connectivity index is 1.34. The van der Waals surface area contributed by atoms with Crippen molar-refractivity contribution < 1.29 is 13.2 Å². The van der Waals surface area contributed by atoms with E-state index in [4.69, 9.17) is 0 Å². The highest BCUT2D eigenvalue weighted by atomic mass is 32.2. The van der Waals surface area contributed by atoms with Crippen LogP contribution in [0.5, 0.6) is 0 Å². The van der Waals surface area contributed by atoms with Crippen molar-refractivity contribution in [2.45, 2.75) is 36.2 Å². The molecule has 2 unspecified atom stereocenters. The van der Waals surface area contributed by atoms with Gasteiger partial charge in [-0.15, -0.1) is 0 Å². The van der Waals surface area contributed by atoms with E-state index in [2.05, 4.69) is 10.9 Å². The van der Waals surface area contributed by atoms with Gasteiger partial charge in [0.05, 0.1) is 4.90 Å². The van der Waals surface area contributed by atoms with Gasteiger partial charge in [0.15, 0.2) is 0 Å². The molecule has 1 saturated carbocycles. The Kier molecular flexibility index (Phi) is 4.53. The Bertz CT molecular complexity index is 728. The Morgan fingerprint density at radius 2 is 1.68 bits per heavy atom. The molecule has 0 aromatic heterocycles. The second kappa shape index (κ2) is 6.68. The van der Waals surface area contributed by atoms with Crippen LogP contribution in [0.15, 0.2) is 35.2 Å². The van der Waals surface area contributed by atoms with Crippen LogP contribution in [-0.4, -0.2) is 61.8 Å². The molecule has 3 fully saturated rings. The molecule has 0 bridgehead atoms.